The summed E-state index contributed by atoms with van der Waals surface area (Å²) in [6, 6.07) is 2.09. The Morgan fingerprint density at radius 2 is 1.83 bits per heavy atom. The van der Waals surface area contributed by atoms with Gasteiger partial charge in [0.2, 0.25) is 11.8 Å². The maximum Gasteiger partial charge on any atom is 0.223 e. The molecule has 0 atom stereocenters. The van der Waals surface area contributed by atoms with Gasteiger partial charge in [0.05, 0.1) is 0 Å². The third-order valence-electron chi connectivity index (χ3n) is 4.94. The van der Waals surface area contributed by atoms with E-state index in [4.69, 9.17) is 5.11 Å². The molecular weight excluding hydrogens is 312 g/mol. The standard InChI is InChI=1S/C17H24N2O3S/c20-12-13-3-7-18(8-4-13)16(21)1-2-17(22)19-9-5-15-14(11-19)6-10-23-15/h6,10,13,20H,1-5,7-9,11-12H2. The monoisotopic (exact) mass is 336 g/mol. The number of aliphatic hydroxyl groups is 1. The summed E-state index contributed by atoms with van der Waals surface area (Å²) in [5, 5.41) is 11.2. The Kier molecular flexibility index (Phi) is 5.33. The summed E-state index contributed by atoms with van der Waals surface area (Å²) in [6.07, 6.45) is 3.27. The summed E-state index contributed by atoms with van der Waals surface area (Å²) in [5.41, 5.74) is 1.26. The third kappa shape index (κ3) is 3.93. The molecule has 0 saturated carbocycles. The number of amides is 2. The van der Waals surface area contributed by atoms with Crippen molar-refractivity contribution in [2.45, 2.75) is 38.6 Å². The van der Waals surface area contributed by atoms with Crippen molar-refractivity contribution < 1.29 is 14.7 Å². The van der Waals surface area contributed by atoms with E-state index in [1.165, 1.54) is 10.4 Å². The summed E-state index contributed by atoms with van der Waals surface area (Å²) < 4.78 is 0. The fraction of sp³-hybridized carbons (Fsp3) is 0.647. The van der Waals surface area contributed by atoms with E-state index in [1.807, 2.05) is 9.80 Å². The van der Waals surface area contributed by atoms with Crippen LogP contribution in [0.1, 0.15) is 36.1 Å². The zero-order chi connectivity index (χ0) is 16.2. The van der Waals surface area contributed by atoms with Gasteiger partial charge in [-0.1, -0.05) is 0 Å². The number of hydrogen-bond donors (Lipinski definition) is 1. The van der Waals surface area contributed by atoms with Gasteiger partial charge in [0.25, 0.3) is 0 Å². The number of carbonyl (C=O) groups excluding carboxylic acids is 2. The third-order valence-corrected chi connectivity index (χ3v) is 5.96. The van der Waals surface area contributed by atoms with Crippen molar-refractivity contribution in [2.24, 2.45) is 5.92 Å². The van der Waals surface area contributed by atoms with Crippen molar-refractivity contribution >= 4 is 23.2 Å². The zero-order valence-corrected chi connectivity index (χ0v) is 14.2. The Labute approximate surface area is 140 Å². The first-order valence-corrected chi connectivity index (χ1v) is 9.27. The SMILES string of the molecule is O=C(CCC(=O)N1CCc2sccc2C1)N1CCC(CO)CC1. The predicted molar refractivity (Wildman–Crippen MR) is 89.1 cm³/mol. The van der Waals surface area contributed by atoms with Gasteiger partial charge in [0, 0.05) is 50.5 Å². The van der Waals surface area contributed by atoms with Crippen LogP contribution < -0.4 is 0 Å². The number of hydrogen-bond acceptors (Lipinski definition) is 4. The van der Waals surface area contributed by atoms with Crippen LogP contribution in [-0.2, 0) is 22.6 Å². The molecule has 2 amide bonds. The molecule has 2 aliphatic rings. The molecule has 0 aliphatic carbocycles. The first kappa shape index (κ1) is 16.5. The van der Waals surface area contributed by atoms with Gasteiger partial charge in [0.15, 0.2) is 0 Å². The van der Waals surface area contributed by atoms with Gasteiger partial charge in [-0.3, -0.25) is 9.59 Å². The molecule has 1 N–H and O–H groups in total. The van der Waals surface area contributed by atoms with E-state index >= 15 is 0 Å². The smallest absolute Gasteiger partial charge is 0.223 e. The van der Waals surface area contributed by atoms with Gasteiger partial charge in [0.1, 0.15) is 0 Å². The van der Waals surface area contributed by atoms with Gasteiger partial charge in [-0.2, -0.15) is 0 Å². The summed E-state index contributed by atoms with van der Waals surface area (Å²) >= 11 is 1.76. The van der Waals surface area contributed by atoms with Gasteiger partial charge in [-0.05, 0) is 42.2 Å². The Morgan fingerprint density at radius 3 is 2.52 bits per heavy atom. The second kappa shape index (κ2) is 7.45. The first-order valence-electron chi connectivity index (χ1n) is 8.39. The van der Waals surface area contributed by atoms with Crippen molar-refractivity contribution in [3.05, 3.63) is 21.9 Å². The van der Waals surface area contributed by atoms with Gasteiger partial charge >= 0.3 is 0 Å². The zero-order valence-electron chi connectivity index (χ0n) is 13.4. The second-order valence-corrected chi connectivity index (χ2v) is 7.44. The van der Waals surface area contributed by atoms with E-state index < -0.39 is 0 Å². The van der Waals surface area contributed by atoms with Crippen molar-refractivity contribution in [1.29, 1.82) is 0 Å². The molecule has 3 rings (SSSR count). The number of rotatable bonds is 4. The Bertz CT molecular complexity index is 564. The number of likely N-dealkylation sites (tertiary alicyclic amines) is 1. The molecule has 0 radical (unpaired) electrons. The molecule has 5 nitrogen and oxygen atoms in total. The lowest BCUT2D eigenvalue weighted by atomic mass is 9.97. The molecular formula is C17H24N2O3S. The molecule has 3 heterocycles. The largest absolute Gasteiger partial charge is 0.396 e. The second-order valence-electron chi connectivity index (χ2n) is 6.44. The molecule has 0 bridgehead atoms. The lowest BCUT2D eigenvalue weighted by molar-refractivity contribution is -0.138. The minimum atomic E-state index is 0.0722. The van der Waals surface area contributed by atoms with Gasteiger partial charge in [-0.15, -0.1) is 11.3 Å². The molecule has 1 aromatic heterocycles. The maximum absolute atomic E-state index is 12.3. The molecule has 1 aromatic rings. The Morgan fingerprint density at radius 1 is 1.13 bits per heavy atom. The van der Waals surface area contributed by atoms with E-state index in [2.05, 4.69) is 11.4 Å². The molecule has 126 valence electrons. The van der Waals surface area contributed by atoms with E-state index in [1.54, 1.807) is 11.3 Å². The number of piperidine rings is 1. The predicted octanol–water partition coefficient (Wildman–Crippen LogP) is 1.64. The topological polar surface area (TPSA) is 60.9 Å². The number of thiophene rings is 1. The fourth-order valence-electron chi connectivity index (χ4n) is 3.36. The van der Waals surface area contributed by atoms with E-state index in [-0.39, 0.29) is 18.4 Å². The first-order chi connectivity index (χ1) is 11.2. The van der Waals surface area contributed by atoms with E-state index in [0.717, 1.165) is 25.8 Å². The molecule has 0 unspecified atom stereocenters. The lowest BCUT2D eigenvalue weighted by Gasteiger charge is -2.31. The van der Waals surface area contributed by atoms with Gasteiger partial charge in [-0.25, -0.2) is 0 Å². The molecule has 1 fully saturated rings. The minimum Gasteiger partial charge on any atom is -0.396 e. The van der Waals surface area contributed by atoms with Crippen LogP contribution in [0.4, 0.5) is 0 Å². The van der Waals surface area contributed by atoms with Crippen molar-refractivity contribution in [2.75, 3.05) is 26.2 Å². The van der Waals surface area contributed by atoms with Crippen LogP contribution in [0.2, 0.25) is 0 Å². The average Bonchev–Trinajstić information content (AvgIpc) is 3.07. The molecule has 2 aliphatic heterocycles. The summed E-state index contributed by atoms with van der Waals surface area (Å²) in [5.74, 6) is 0.484. The van der Waals surface area contributed by atoms with Crippen LogP contribution in [0, 0.1) is 5.92 Å². The van der Waals surface area contributed by atoms with Crippen molar-refractivity contribution in [3.8, 4) is 0 Å². The van der Waals surface area contributed by atoms with Crippen molar-refractivity contribution in [1.82, 2.24) is 9.80 Å². The molecule has 1 saturated heterocycles. The maximum atomic E-state index is 12.3. The Balaban J connectivity index is 1.43. The number of carbonyl (C=O) groups is 2. The van der Waals surface area contributed by atoms with Gasteiger partial charge < -0.3 is 14.9 Å². The quantitative estimate of drug-likeness (QED) is 0.909. The highest BCUT2D eigenvalue weighted by atomic mass is 32.1. The van der Waals surface area contributed by atoms with E-state index in [9.17, 15) is 9.59 Å². The summed E-state index contributed by atoms with van der Waals surface area (Å²) in [6.45, 7) is 3.08. The highest BCUT2D eigenvalue weighted by Crippen LogP contribution is 2.24. The Hall–Kier alpha value is -1.40. The minimum absolute atomic E-state index is 0.0722. The highest BCUT2D eigenvalue weighted by molar-refractivity contribution is 7.10. The number of aliphatic hydroxyl groups excluding tert-OH is 1. The number of fused-ring (bicyclic) bond motifs is 1. The van der Waals surface area contributed by atoms with Crippen LogP contribution in [0.25, 0.3) is 0 Å². The normalized spacial score (nSPS) is 18.8. The van der Waals surface area contributed by atoms with Crippen LogP contribution in [0.5, 0.6) is 0 Å². The van der Waals surface area contributed by atoms with Crippen molar-refractivity contribution in [3.63, 3.8) is 0 Å². The van der Waals surface area contributed by atoms with Crippen LogP contribution >= 0.6 is 11.3 Å². The lowest BCUT2D eigenvalue weighted by Crippen LogP contribution is -2.40. The number of nitrogens with zero attached hydrogens (tertiary/aromatic N) is 2. The van der Waals surface area contributed by atoms with Crippen LogP contribution in [-0.4, -0.2) is 53.0 Å². The van der Waals surface area contributed by atoms with E-state index in [0.29, 0.717) is 38.4 Å². The van der Waals surface area contributed by atoms with Crippen LogP contribution in [0.3, 0.4) is 0 Å². The highest BCUT2D eigenvalue weighted by Gasteiger charge is 2.25. The fourth-order valence-corrected chi connectivity index (χ4v) is 4.25. The molecule has 0 spiro atoms. The molecule has 23 heavy (non-hydrogen) atoms. The van der Waals surface area contributed by atoms with Crippen LogP contribution in [0.15, 0.2) is 11.4 Å². The average molecular weight is 336 g/mol. The summed E-state index contributed by atoms with van der Waals surface area (Å²) in [7, 11) is 0. The molecule has 0 aromatic carbocycles. The molecule has 6 heteroatoms. The summed E-state index contributed by atoms with van der Waals surface area (Å²) in [4.78, 5) is 29.7.